The van der Waals surface area contributed by atoms with Gasteiger partial charge in [0.05, 0.1) is 6.10 Å². The van der Waals surface area contributed by atoms with Crippen LogP contribution in [-0.2, 0) is 32.7 Å². The second-order valence-corrected chi connectivity index (χ2v) is 4.26. The van der Waals surface area contributed by atoms with Crippen LogP contribution >= 0.6 is 0 Å². The van der Waals surface area contributed by atoms with Crippen molar-refractivity contribution in [3.05, 3.63) is 29.5 Å². The van der Waals surface area contributed by atoms with Crippen molar-refractivity contribution in [1.29, 1.82) is 0 Å². The Morgan fingerprint density at radius 1 is 1.25 bits per heavy atom. The van der Waals surface area contributed by atoms with Gasteiger partial charge in [-0.1, -0.05) is 43.1 Å². The maximum atomic E-state index is 8.91. The summed E-state index contributed by atoms with van der Waals surface area (Å²) < 4.78 is 0. The quantitative estimate of drug-likeness (QED) is 0.789. The Bertz CT molecular complexity index is 220. The third kappa shape index (κ3) is 7.72. The molecule has 0 heterocycles. The fourth-order valence-corrected chi connectivity index (χ4v) is 1.88. The van der Waals surface area contributed by atoms with Gasteiger partial charge in [0, 0.05) is 32.7 Å². The molecule has 0 bridgehead atoms. The number of allylic oxidation sites excluding steroid dienone is 3. The molecule has 0 atom stereocenters. The van der Waals surface area contributed by atoms with E-state index in [4.69, 9.17) is 10.8 Å². The molecule has 0 unspecified atom stereocenters. The van der Waals surface area contributed by atoms with Crippen LogP contribution in [0.2, 0.25) is 0 Å². The number of nitrogens with one attached hydrogen (secondary N) is 1. The molecule has 0 saturated heterocycles. The van der Waals surface area contributed by atoms with E-state index in [1.54, 1.807) is 0 Å². The summed E-state index contributed by atoms with van der Waals surface area (Å²) in [5.74, 6) is 0. The van der Waals surface area contributed by atoms with Crippen molar-refractivity contribution < 1.29 is 37.8 Å². The van der Waals surface area contributed by atoms with Gasteiger partial charge in [-0.15, -0.1) is 6.54 Å². The van der Waals surface area contributed by atoms with E-state index in [1.165, 1.54) is 24.8 Å². The molecule has 1 radical (unpaired) electrons. The molecule has 1 fully saturated rings. The Labute approximate surface area is 124 Å². The van der Waals surface area contributed by atoms with Gasteiger partial charge in [0.25, 0.3) is 0 Å². The monoisotopic (exact) mass is 297 g/mol. The molecule has 1 saturated carbocycles. The van der Waals surface area contributed by atoms with Gasteiger partial charge >= 0.3 is 0 Å². The summed E-state index contributed by atoms with van der Waals surface area (Å²) in [4.78, 5) is 0. The first kappa shape index (κ1) is 16.5. The second kappa shape index (κ2) is 10.6. The molecular weight excluding hydrogens is 275 g/mol. The number of aliphatic hydroxyl groups is 1. The van der Waals surface area contributed by atoms with Gasteiger partial charge in [-0.05, 0) is 25.7 Å². The summed E-state index contributed by atoms with van der Waals surface area (Å²) in [6.45, 7) is 0.477. The molecule has 0 spiro atoms. The van der Waals surface area contributed by atoms with E-state index in [2.05, 4.69) is 6.08 Å². The molecule has 2 nitrogen and oxygen atoms in total. The number of rotatable bonds is 1. The largest absolute Gasteiger partial charge is 0.674 e. The summed E-state index contributed by atoms with van der Waals surface area (Å²) >= 11 is 0. The molecule has 2 rings (SSSR count). The Morgan fingerprint density at radius 3 is 2.25 bits per heavy atom. The van der Waals surface area contributed by atoms with E-state index in [-0.39, 0.29) is 38.8 Å². The topological polar surface area (TPSA) is 44.0 Å². The van der Waals surface area contributed by atoms with Crippen LogP contribution in [0.4, 0.5) is 0 Å². The zero-order valence-corrected chi connectivity index (χ0v) is 12.8. The van der Waals surface area contributed by atoms with Gasteiger partial charge in [-0.3, -0.25) is 0 Å². The molecule has 0 aromatic carbocycles. The zero-order chi connectivity index (χ0) is 10.9. The first-order valence-electron chi connectivity index (χ1n) is 6.00. The van der Waals surface area contributed by atoms with Crippen LogP contribution in [-0.4, -0.2) is 17.8 Å². The molecule has 2 aliphatic rings. The predicted molar refractivity (Wildman–Crippen MR) is 64.7 cm³/mol. The van der Waals surface area contributed by atoms with Crippen molar-refractivity contribution in [3.63, 3.8) is 0 Å². The Hall–Kier alpha value is 0.504. The molecule has 16 heavy (non-hydrogen) atoms. The molecule has 89 valence electrons. The molecule has 0 aromatic heterocycles. The summed E-state index contributed by atoms with van der Waals surface area (Å²) in [5.41, 5.74) is 8.25. The van der Waals surface area contributed by atoms with Crippen LogP contribution in [0, 0.1) is 0 Å². The Balaban J connectivity index is 0.000000267. The molecule has 2 aliphatic carbocycles. The van der Waals surface area contributed by atoms with E-state index < -0.39 is 0 Å². The smallest absolute Gasteiger partial charge is 0.0540 e. The van der Waals surface area contributed by atoms with Gasteiger partial charge in [-0.2, -0.15) is 0 Å². The maximum absolute atomic E-state index is 8.91. The second-order valence-electron chi connectivity index (χ2n) is 4.26. The van der Waals surface area contributed by atoms with Crippen LogP contribution in [0.15, 0.2) is 23.8 Å². The van der Waals surface area contributed by atoms with Crippen LogP contribution in [0.5, 0.6) is 0 Å². The molecule has 2 N–H and O–H groups in total. The van der Waals surface area contributed by atoms with Crippen molar-refractivity contribution >= 4 is 0 Å². The molecule has 0 aromatic rings. The summed E-state index contributed by atoms with van der Waals surface area (Å²) in [6, 6.07) is 0. The number of aliphatic hydroxyl groups excluding tert-OH is 1. The van der Waals surface area contributed by atoms with Gasteiger partial charge in [-0.25, -0.2) is 0 Å². The van der Waals surface area contributed by atoms with Crippen molar-refractivity contribution in [3.8, 4) is 0 Å². The summed E-state index contributed by atoms with van der Waals surface area (Å²) in [6.07, 6.45) is 14.4. The molecule has 0 aliphatic heterocycles. The predicted octanol–water partition coefficient (Wildman–Crippen LogP) is 3.62. The average Bonchev–Trinajstić information content (AvgIpc) is 2.32. The Morgan fingerprint density at radius 2 is 1.94 bits per heavy atom. The fraction of sp³-hybridized carbons (Fsp3) is 0.692. The summed E-state index contributed by atoms with van der Waals surface area (Å²) in [7, 11) is 0. The molecular formula is C13H22NOY-. The van der Waals surface area contributed by atoms with Crippen molar-refractivity contribution in [1.82, 2.24) is 0 Å². The number of hydrogen-bond donors (Lipinski definition) is 1. The maximum Gasteiger partial charge on any atom is 0.0540 e. The van der Waals surface area contributed by atoms with Crippen LogP contribution < -0.4 is 0 Å². The van der Waals surface area contributed by atoms with Crippen LogP contribution in [0.1, 0.15) is 44.9 Å². The number of hydrogen-bond acceptors (Lipinski definition) is 1. The van der Waals surface area contributed by atoms with E-state index >= 15 is 0 Å². The van der Waals surface area contributed by atoms with Crippen LogP contribution in [0.25, 0.3) is 5.73 Å². The third-order valence-corrected chi connectivity index (χ3v) is 2.90. The van der Waals surface area contributed by atoms with Crippen LogP contribution in [0.3, 0.4) is 0 Å². The van der Waals surface area contributed by atoms with E-state index in [0.717, 1.165) is 25.7 Å². The third-order valence-electron chi connectivity index (χ3n) is 2.90. The van der Waals surface area contributed by atoms with E-state index in [9.17, 15) is 0 Å². The van der Waals surface area contributed by atoms with Gasteiger partial charge < -0.3 is 10.8 Å². The van der Waals surface area contributed by atoms with E-state index in [0.29, 0.717) is 6.54 Å². The van der Waals surface area contributed by atoms with E-state index in [1.807, 2.05) is 12.2 Å². The standard InChI is InChI=1S/C7H10N.C6H12O.Y/c8-6-7-4-2-1-3-5-7;7-6-4-2-1-3-5-6;/h1-2,4,8H,3,5-6H2;6-7H,1-5H2;/q-1;;. The van der Waals surface area contributed by atoms with Gasteiger partial charge in [0.15, 0.2) is 0 Å². The SMILES string of the molecule is OC1CCCCC1.[NH-]CC1=CC=CCC1.[Y]. The minimum Gasteiger partial charge on any atom is -0.674 e. The average molecular weight is 297 g/mol. The van der Waals surface area contributed by atoms with Gasteiger partial charge in [0.2, 0.25) is 0 Å². The first-order valence-corrected chi connectivity index (χ1v) is 6.00. The zero-order valence-electron chi connectivity index (χ0n) is 9.99. The van der Waals surface area contributed by atoms with Crippen molar-refractivity contribution in [2.75, 3.05) is 6.54 Å². The van der Waals surface area contributed by atoms with Gasteiger partial charge in [0.1, 0.15) is 0 Å². The fourth-order valence-electron chi connectivity index (χ4n) is 1.88. The summed E-state index contributed by atoms with van der Waals surface area (Å²) in [5, 5.41) is 8.91. The van der Waals surface area contributed by atoms with Crippen molar-refractivity contribution in [2.45, 2.75) is 51.0 Å². The normalized spacial score (nSPS) is 20.2. The van der Waals surface area contributed by atoms with Crippen molar-refractivity contribution in [2.24, 2.45) is 0 Å². The minimum atomic E-state index is 0. The Kier molecular flexibility index (Phi) is 11.0. The molecule has 3 heteroatoms. The minimum absolute atomic E-state index is 0. The first-order chi connectivity index (χ1) is 7.33. The molecule has 0 amide bonds.